The average Bonchev–Trinajstić information content (AvgIpc) is 2.98. The van der Waals surface area contributed by atoms with Gasteiger partial charge >= 0.3 is 0 Å². The van der Waals surface area contributed by atoms with E-state index in [0.29, 0.717) is 12.8 Å². The van der Waals surface area contributed by atoms with Crippen LogP contribution < -0.4 is 5.56 Å². The van der Waals surface area contributed by atoms with Crippen LogP contribution in [-0.2, 0) is 19.4 Å². The van der Waals surface area contributed by atoms with Crippen LogP contribution in [0.3, 0.4) is 0 Å². The monoisotopic (exact) mass is 307 g/mol. The lowest BCUT2D eigenvalue weighted by Gasteiger charge is -2.10. The molecule has 0 saturated carbocycles. The van der Waals surface area contributed by atoms with Gasteiger partial charge in [0, 0.05) is 12.4 Å². The molecule has 0 atom stereocenters. The maximum atomic E-state index is 12.5. The standard InChI is InChI=1S/C17H17N5O/c1-3-13-14(9-18)17(23)22(20-15(13)4-2)11-12-10-21-8-6-5-7-16(21)19-12/h5-8,10H,3-4,11H2,1-2H3. The van der Waals surface area contributed by atoms with E-state index in [1.165, 1.54) is 4.68 Å². The number of imidazole rings is 1. The second kappa shape index (κ2) is 6.05. The zero-order chi connectivity index (χ0) is 16.4. The maximum absolute atomic E-state index is 12.5. The summed E-state index contributed by atoms with van der Waals surface area (Å²) in [5.74, 6) is 0. The molecule has 0 aliphatic heterocycles. The van der Waals surface area contributed by atoms with Gasteiger partial charge in [0.05, 0.1) is 17.9 Å². The lowest BCUT2D eigenvalue weighted by Crippen LogP contribution is -2.29. The van der Waals surface area contributed by atoms with Crippen molar-refractivity contribution in [2.45, 2.75) is 33.2 Å². The molecule has 6 heteroatoms. The van der Waals surface area contributed by atoms with Gasteiger partial charge in [-0.1, -0.05) is 19.9 Å². The molecule has 0 aliphatic rings. The van der Waals surface area contributed by atoms with Gasteiger partial charge < -0.3 is 4.40 Å². The SMILES string of the molecule is CCc1nn(Cc2cn3ccccc3n2)c(=O)c(C#N)c1CC. The molecule has 3 rings (SSSR count). The van der Waals surface area contributed by atoms with Gasteiger partial charge in [-0.25, -0.2) is 9.67 Å². The van der Waals surface area contributed by atoms with Crippen molar-refractivity contribution < 1.29 is 0 Å². The third kappa shape index (κ3) is 2.61. The van der Waals surface area contributed by atoms with Crippen LogP contribution in [0.25, 0.3) is 5.65 Å². The summed E-state index contributed by atoms with van der Waals surface area (Å²) in [4.78, 5) is 17.0. The summed E-state index contributed by atoms with van der Waals surface area (Å²) in [6.45, 7) is 4.16. The average molecular weight is 307 g/mol. The van der Waals surface area contributed by atoms with Gasteiger partial charge in [-0.15, -0.1) is 0 Å². The Morgan fingerprint density at radius 2 is 2.09 bits per heavy atom. The molecule has 3 heterocycles. The van der Waals surface area contributed by atoms with Crippen LogP contribution in [0.15, 0.2) is 35.4 Å². The van der Waals surface area contributed by atoms with E-state index < -0.39 is 0 Å². The molecule has 0 fully saturated rings. The molecule has 0 radical (unpaired) electrons. The van der Waals surface area contributed by atoms with Crippen molar-refractivity contribution in [3.05, 3.63) is 63.5 Å². The van der Waals surface area contributed by atoms with E-state index in [9.17, 15) is 10.1 Å². The summed E-state index contributed by atoms with van der Waals surface area (Å²) in [5.41, 5.74) is 2.96. The van der Waals surface area contributed by atoms with Crippen molar-refractivity contribution in [3.63, 3.8) is 0 Å². The minimum Gasteiger partial charge on any atom is -0.307 e. The van der Waals surface area contributed by atoms with Crippen LogP contribution in [0.5, 0.6) is 0 Å². The molecule has 23 heavy (non-hydrogen) atoms. The van der Waals surface area contributed by atoms with E-state index in [2.05, 4.69) is 10.1 Å². The van der Waals surface area contributed by atoms with Gasteiger partial charge in [0.25, 0.3) is 5.56 Å². The van der Waals surface area contributed by atoms with Crippen LogP contribution in [0.1, 0.15) is 36.4 Å². The number of fused-ring (bicyclic) bond motifs is 1. The number of aryl methyl sites for hydroxylation is 1. The normalized spacial score (nSPS) is 10.8. The van der Waals surface area contributed by atoms with E-state index in [1.807, 2.05) is 54.9 Å². The van der Waals surface area contributed by atoms with Crippen molar-refractivity contribution in [2.75, 3.05) is 0 Å². The summed E-state index contributed by atoms with van der Waals surface area (Å²) < 4.78 is 3.24. The first-order valence-corrected chi connectivity index (χ1v) is 7.63. The first-order valence-electron chi connectivity index (χ1n) is 7.63. The predicted molar refractivity (Wildman–Crippen MR) is 86.3 cm³/mol. The zero-order valence-electron chi connectivity index (χ0n) is 13.2. The van der Waals surface area contributed by atoms with Crippen LogP contribution in [0.2, 0.25) is 0 Å². The molecule has 3 aromatic heterocycles. The first kappa shape index (κ1) is 15.0. The third-order valence-corrected chi connectivity index (χ3v) is 3.87. The second-order valence-electron chi connectivity index (χ2n) is 5.28. The van der Waals surface area contributed by atoms with Crippen molar-refractivity contribution in [1.29, 1.82) is 5.26 Å². The van der Waals surface area contributed by atoms with Crippen molar-refractivity contribution in [2.24, 2.45) is 0 Å². The first-order chi connectivity index (χ1) is 11.2. The number of rotatable bonds is 4. The van der Waals surface area contributed by atoms with E-state index in [-0.39, 0.29) is 17.7 Å². The molecule has 0 N–H and O–H groups in total. The summed E-state index contributed by atoms with van der Waals surface area (Å²) in [7, 11) is 0. The molecule has 3 aromatic rings. The predicted octanol–water partition coefficient (Wildman–Crippen LogP) is 1.94. The molecule has 0 bridgehead atoms. The Hall–Kier alpha value is -2.94. The number of nitrogens with zero attached hydrogens (tertiary/aromatic N) is 5. The molecule has 0 amide bonds. The Labute approximate surface area is 133 Å². The van der Waals surface area contributed by atoms with Crippen molar-refractivity contribution >= 4 is 5.65 Å². The van der Waals surface area contributed by atoms with Gasteiger partial charge in [0.2, 0.25) is 0 Å². The molecule has 0 spiro atoms. The maximum Gasteiger partial charge on any atom is 0.285 e. The zero-order valence-corrected chi connectivity index (χ0v) is 13.2. The van der Waals surface area contributed by atoms with E-state index >= 15 is 0 Å². The smallest absolute Gasteiger partial charge is 0.285 e. The number of nitriles is 1. The fourth-order valence-corrected chi connectivity index (χ4v) is 2.76. The Kier molecular flexibility index (Phi) is 3.94. The highest BCUT2D eigenvalue weighted by molar-refractivity contribution is 5.40. The minimum atomic E-state index is -0.349. The molecular weight excluding hydrogens is 290 g/mol. The fourth-order valence-electron chi connectivity index (χ4n) is 2.76. The number of hydrogen-bond acceptors (Lipinski definition) is 4. The second-order valence-corrected chi connectivity index (χ2v) is 5.28. The van der Waals surface area contributed by atoms with Gasteiger partial charge in [0.15, 0.2) is 0 Å². The molecule has 0 unspecified atom stereocenters. The van der Waals surface area contributed by atoms with Crippen LogP contribution in [0.4, 0.5) is 0 Å². The highest BCUT2D eigenvalue weighted by Crippen LogP contribution is 2.11. The van der Waals surface area contributed by atoms with Crippen molar-refractivity contribution in [1.82, 2.24) is 19.2 Å². The molecule has 0 aliphatic carbocycles. The van der Waals surface area contributed by atoms with E-state index in [0.717, 1.165) is 22.6 Å². The van der Waals surface area contributed by atoms with Gasteiger partial charge in [0.1, 0.15) is 17.3 Å². The Morgan fingerprint density at radius 3 is 2.74 bits per heavy atom. The summed E-state index contributed by atoms with van der Waals surface area (Å²) in [5, 5.41) is 13.8. The largest absolute Gasteiger partial charge is 0.307 e. The Balaban J connectivity index is 2.09. The number of hydrogen-bond donors (Lipinski definition) is 0. The third-order valence-electron chi connectivity index (χ3n) is 3.87. The van der Waals surface area contributed by atoms with Crippen molar-refractivity contribution in [3.8, 4) is 6.07 Å². The molecular formula is C17H17N5O. The van der Waals surface area contributed by atoms with Crippen LogP contribution in [0, 0.1) is 11.3 Å². The van der Waals surface area contributed by atoms with Crippen LogP contribution >= 0.6 is 0 Å². The molecule has 6 nitrogen and oxygen atoms in total. The lowest BCUT2D eigenvalue weighted by atomic mass is 10.0. The Morgan fingerprint density at radius 1 is 1.26 bits per heavy atom. The summed E-state index contributed by atoms with van der Waals surface area (Å²) >= 11 is 0. The Bertz CT molecular complexity index is 928. The quantitative estimate of drug-likeness (QED) is 0.738. The summed E-state index contributed by atoms with van der Waals surface area (Å²) in [6, 6.07) is 7.77. The fraction of sp³-hybridized carbons (Fsp3) is 0.294. The summed E-state index contributed by atoms with van der Waals surface area (Å²) in [6.07, 6.45) is 5.09. The van der Waals surface area contributed by atoms with Gasteiger partial charge in [-0.05, 0) is 30.5 Å². The lowest BCUT2D eigenvalue weighted by molar-refractivity contribution is 0.605. The van der Waals surface area contributed by atoms with E-state index in [1.54, 1.807) is 0 Å². The molecule has 0 aromatic carbocycles. The van der Waals surface area contributed by atoms with Crippen LogP contribution in [-0.4, -0.2) is 19.2 Å². The van der Waals surface area contributed by atoms with Gasteiger partial charge in [-0.3, -0.25) is 4.79 Å². The number of pyridine rings is 1. The highest BCUT2D eigenvalue weighted by atomic mass is 16.1. The minimum absolute atomic E-state index is 0.197. The number of aromatic nitrogens is 4. The van der Waals surface area contributed by atoms with Gasteiger partial charge in [-0.2, -0.15) is 10.4 Å². The highest BCUT2D eigenvalue weighted by Gasteiger charge is 2.15. The molecule has 116 valence electrons. The molecule has 0 saturated heterocycles. The topological polar surface area (TPSA) is 76.0 Å². The van der Waals surface area contributed by atoms with E-state index in [4.69, 9.17) is 0 Å².